The summed E-state index contributed by atoms with van der Waals surface area (Å²) in [5, 5.41) is 34.0. The van der Waals surface area contributed by atoms with Crippen molar-refractivity contribution in [3.63, 3.8) is 0 Å². The third-order valence-electron chi connectivity index (χ3n) is 11.2. The van der Waals surface area contributed by atoms with Crippen molar-refractivity contribution in [2.75, 3.05) is 19.8 Å². The molecule has 0 unspecified atom stereocenters. The van der Waals surface area contributed by atoms with Gasteiger partial charge in [0.25, 0.3) is 0 Å². The van der Waals surface area contributed by atoms with Crippen LogP contribution in [0.5, 0.6) is 17.2 Å². The monoisotopic (exact) mass is 695 g/mol. The smallest absolute Gasteiger partial charge is 0.375 e. The number of nitrogens with one attached hydrogen (secondary N) is 1. The molecule has 1 saturated carbocycles. The Balaban J connectivity index is 1.44. The Kier molecular flexibility index (Phi) is 8.40. The molecule has 0 saturated heterocycles. The number of hydrogen-bond donors (Lipinski definition) is 4. The number of ether oxygens (including phenoxy) is 4. The molecule has 0 spiro atoms. The highest BCUT2D eigenvalue weighted by Crippen LogP contribution is 2.60. The zero-order valence-corrected chi connectivity index (χ0v) is 28.6. The van der Waals surface area contributed by atoms with Gasteiger partial charge in [-0.1, -0.05) is 17.7 Å². The topological polar surface area (TPSA) is 165 Å². The molecule has 3 aromatic rings. The average molecular weight is 696 g/mol. The van der Waals surface area contributed by atoms with Crippen LogP contribution in [0, 0.1) is 5.92 Å². The zero-order chi connectivity index (χ0) is 35.6. The number of carbonyl (C=O) groups is 3. The third kappa shape index (κ3) is 5.32. The van der Waals surface area contributed by atoms with Gasteiger partial charge in [-0.3, -0.25) is 9.59 Å². The molecule has 0 amide bonds. The first-order valence-corrected chi connectivity index (χ1v) is 17.7. The molecule has 8 rings (SSSR count). The van der Waals surface area contributed by atoms with Crippen LogP contribution in [0.3, 0.4) is 0 Å². The van der Waals surface area contributed by atoms with Gasteiger partial charge >= 0.3 is 5.97 Å². The highest BCUT2D eigenvalue weighted by molar-refractivity contribution is 6.11. The first kappa shape index (κ1) is 33.4. The van der Waals surface area contributed by atoms with Crippen LogP contribution in [-0.2, 0) is 32.1 Å². The van der Waals surface area contributed by atoms with Gasteiger partial charge in [-0.05, 0) is 80.7 Å². The van der Waals surface area contributed by atoms with E-state index < -0.39 is 36.1 Å². The molecule has 2 bridgehead atoms. The first-order valence-electron chi connectivity index (χ1n) is 17.7. The Morgan fingerprint density at radius 3 is 2.76 bits per heavy atom. The minimum absolute atomic E-state index is 0.0272. The lowest BCUT2D eigenvalue weighted by molar-refractivity contribution is -0.141. The summed E-state index contributed by atoms with van der Waals surface area (Å²) in [6, 6.07) is 6.10. The van der Waals surface area contributed by atoms with Crippen LogP contribution in [0.25, 0.3) is 16.5 Å². The van der Waals surface area contributed by atoms with Crippen LogP contribution in [-0.4, -0.2) is 69.9 Å². The van der Waals surface area contributed by atoms with Gasteiger partial charge in [-0.25, -0.2) is 4.79 Å². The van der Waals surface area contributed by atoms with Gasteiger partial charge in [-0.15, -0.1) is 0 Å². The third-order valence-corrected chi connectivity index (χ3v) is 11.2. The number of aldehydes is 1. The summed E-state index contributed by atoms with van der Waals surface area (Å²) in [5.41, 5.74) is 3.90. The standard InChI is InChI=1S/C40H41NO10/c1-3-48-39(46)36-27(17-43)31-23-8-9-30(45)26(14-23)25-13-22-10-12-41-29(22)15-21(25)7-6-20(16-42)19-49-37-32-24-5-4-11-40(2,47)38(24)51-34(32)28(18-44)35(50-36)33(31)37/h4-5,10,12-13,15,17,20,24,26,38,41-42,44,47H,3,6-9,11,14,16,18-19H2,1-2H3/t20-,24+,26+,38+,40-/m1/s1. The van der Waals surface area contributed by atoms with Gasteiger partial charge in [0.2, 0.25) is 5.76 Å². The number of aromatic amines is 1. The Bertz CT molecular complexity index is 2070. The summed E-state index contributed by atoms with van der Waals surface area (Å²) in [5.74, 6) is -1.75. The number of Topliss-reactive ketones (excluding diaryl/α,β-unsaturated/α-hetero) is 1. The molecular formula is C40H41NO10. The summed E-state index contributed by atoms with van der Waals surface area (Å²) < 4.78 is 25.0. The number of carbonyl (C=O) groups excluding carboxylic acids is 3. The Hall–Kier alpha value is -4.71. The highest BCUT2D eigenvalue weighted by Gasteiger charge is 2.51. The maximum atomic E-state index is 13.9. The maximum Gasteiger partial charge on any atom is 0.375 e. The van der Waals surface area contributed by atoms with Crippen molar-refractivity contribution in [3.05, 3.63) is 81.3 Å². The van der Waals surface area contributed by atoms with Crippen molar-refractivity contribution >= 4 is 34.5 Å². The number of aliphatic hydroxyl groups is 3. The predicted octanol–water partition coefficient (Wildman–Crippen LogP) is 4.85. The lowest BCUT2D eigenvalue weighted by Crippen LogP contribution is -2.45. The van der Waals surface area contributed by atoms with Gasteiger partial charge in [0.05, 0.1) is 36.5 Å². The largest absolute Gasteiger partial charge is 0.492 e. The van der Waals surface area contributed by atoms with Crippen LogP contribution in [0.2, 0.25) is 0 Å². The van der Waals surface area contributed by atoms with Crippen molar-refractivity contribution in [1.82, 2.24) is 4.98 Å². The molecule has 0 radical (unpaired) electrons. The Labute approximate surface area is 294 Å². The van der Waals surface area contributed by atoms with Crippen molar-refractivity contribution in [2.24, 2.45) is 5.92 Å². The van der Waals surface area contributed by atoms with E-state index in [9.17, 15) is 29.7 Å². The number of esters is 1. The molecule has 11 nitrogen and oxygen atoms in total. The van der Waals surface area contributed by atoms with E-state index >= 15 is 0 Å². The molecule has 4 N–H and O–H groups in total. The molecule has 3 aliphatic heterocycles. The lowest BCUT2D eigenvalue weighted by Gasteiger charge is -2.34. The van der Waals surface area contributed by atoms with E-state index in [4.69, 9.17) is 18.9 Å². The molecule has 1 aromatic heterocycles. The molecule has 11 heteroatoms. The fourth-order valence-corrected chi connectivity index (χ4v) is 8.61. The number of hydrogen-bond acceptors (Lipinski definition) is 10. The first-order chi connectivity index (χ1) is 24.7. The van der Waals surface area contributed by atoms with E-state index in [2.05, 4.69) is 17.1 Å². The van der Waals surface area contributed by atoms with E-state index in [1.807, 2.05) is 24.4 Å². The number of aliphatic hydroxyl groups excluding tert-OH is 2. The van der Waals surface area contributed by atoms with Crippen molar-refractivity contribution < 1.29 is 48.7 Å². The quantitative estimate of drug-likeness (QED) is 0.165. The second-order valence-corrected chi connectivity index (χ2v) is 14.4. The van der Waals surface area contributed by atoms with E-state index in [1.54, 1.807) is 13.8 Å². The molecular weight excluding hydrogens is 654 g/mol. The Morgan fingerprint density at radius 2 is 2.00 bits per heavy atom. The zero-order valence-electron chi connectivity index (χ0n) is 28.6. The van der Waals surface area contributed by atoms with Gasteiger partial charge in [0.15, 0.2) is 6.29 Å². The summed E-state index contributed by atoms with van der Waals surface area (Å²) in [4.78, 5) is 43.9. The number of benzene rings is 2. The number of aromatic nitrogens is 1. The van der Waals surface area contributed by atoms with Gasteiger partial charge in [0, 0.05) is 53.6 Å². The molecule has 1 fully saturated rings. The van der Waals surface area contributed by atoms with Crippen LogP contribution in [0.15, 0.2) is 53.5 Å². The van der Waals surface area contributed by atoms with Crippen molar-refractivity contribution in [2.45, 2.75) is 82.5 Å². The molecule has 2 aliphatic carbocycles. The minimum atomic E-state index is -1.26. The number of allylic oxidation sites excluding steroid dienone is 3. The highest BCUT2D eigenvalue weighted by atomic mass is 16.6. The lowest BCUT2D eigenvalue weighted by atomic mass is 9.73. The summed E-state index contributed by atoms with van der Waals surface area (Å²) >= 11 is 0. The molecule has 5 aliphatic rings. The normalized spacial score (nSPS) is 26.7. The average Bonchev–Trinajstić information content (AvgIpc) is 3.75. The van der Waals surface area contributed by atoms with Crippen LogP contribution < -0.4 is 14.2 Å². The summed E-state index contributed by atoms with van der Waals surface area (Å²) in [6.45, 7) is 2.74. The molecule has 266 valence electrons. The molecule has 51 heavy (non-hydrogen) atoms. The SMILES string of the molecule is CCOC(=O)C1=C(C=O)C2=C3CCC(=O)[C@@H](C3)c3cc4cc[nH]c4cc3CC[C@H](CO)COc3c2c(c(CO)c2c3[C@@H]3C=CC[C@@](C)(O)[C@H]3O2)O1. The number of H-pyrrole nitrogens is 1. The maximum absolute atomic E-state index is 13.9. The van der Waals surface area contributed by atoms with Crippen molar-refractivity contribution in [1.29, 1.82) is 0 Å². The Morgan fingerprint density at radius 1 is 1.16 bits per heavy atom. The predicted molar refractivity (Wildman–Crippen MR) is 185 cm³/mol. The second kappa shape index (κ2) is 12.8. The summed E-state index contributed by atoms with van der Waals surface area (Å²) in [7, 11) is 0. The van der Waals surface area contributed by atoms with Crippen LogP contribution >= 0.6 is 0 Å². The number of fused-ring (bicyclic) bond motifs is 9. The molecule has 4 heterocycles. The van der Waals surface area contributed by atoms with E-state index in [-0.39, 0.29) is 72.8 Å². The van der Waals surface area contributed by atoms with Crippen LogP contribution in [0.1, 0.15) is 85.6 Å². The van der Waals surface area contributed by atoms with Gasteiger partial charge in [-0.2, -0.15) is 0 Å². The van der Waals surface area contributed by atoms with E-state index in [0.29, 0.717) is 54.4 Å². The van der Waals surface area contributed by atoms with Gasteiger partial charge in [0.1, 0.15) is 34.7 Å². The molecule has 5 atom stereocenters. The molecule has 2 aromatic carbocycles. The van der Waals surface area contributed by atoms with E-state index in [0.717, 1.165) is 27.6 Å². The number of rotatable bonds is 5. The summed E-state index contributed by atoms with van der Waals surface area (Å²) in [6.07, 6.45) is 7.86. The van der Waals surface area contributed by atoms with Crippen LogP contribution in [0.4, 0.5) is 0 Å². The van der Waals surface area contributed by atoms with Crippen molar-refractivity contribution in [3.8, 4) is 17.2 Å². The van der Waals surface area contributed by atoms with E-state index in [1.165, 1.54) is 0 Å². The van der Waals surface area contributed by atoms with Gasteiger partial charge < -0.3 is 39.3 Å². The minimum Gasteiger partial charge on any atom is -0.492 e. The second-order valence-electron chi connectivity index (χ2n) is 14.4. The number of ketones is 1. The number of aryl methyl sites for hydroxylation is 1. The fourth-order valence-electron chi connectivity index (χ4n) is 8.61. The fraction of sp³-hybridized carbons (Fsp3) is 0.425.